The molecule has 0 aliphatic carbocycles. The molecule has 1 N–H and O–H groups in total. The fourth-order valence-corrected chi connectivity index (χ4v) is 2.08. The Labute approximate surface area is 107 Å². The topological polar surface area (TPSA) is 47.6 Å². The first kappa shape index (κ1) is 13.1. The number of nitrogens with one attached hydrogen (secondary N) is 1. The maximum absolute atomic E-state index is 11.1. The molecule has 1 saturated heterocycles. The SMILES string of the molecule is CC(=O)N[C@@H]1CCOC[C@H]1OCc1ccccc1. The minimum atomic E-state index is -0.0668. The van der Waals surface area contributed by atoms with Gasteiger partial charge in [-0.1, -0.05) is 30.3 Å². The molecule has 0 unspecified atom stereocenters. The Kier molecular flexibility index (Phi) is 4.73. The third kappa shape index (κ3) is 3.82. The standard InChI is InChI=1S/C14H19NO3/c1-11(16)15-13-7-8-17-10-14(13)18-9-12-5-3-2-4-6-12/h2-6,13-14H,7-10H2,1H3,(H,15,16)/t13-,14-/m1/s1. The first-order valence-electron chi connectivity index (χ1n) is 6.26. The number of amides is 1. The first-order chi connectivity index (χ1) is 8.75. The minimum absolute atomic E-state index is 0.0183. The van der Waals surface area contributed by atoms with Crippen molar-refractivity contribution in [1.82, 2.24) is 5.32 Å². The van der Waals surface area contributed by atoms with Crippen LogP contribution in [0.5, 0.6) is 0 Å². The zero-order valence-electron chi connectivity index (χ0n) is 10.6. The van der Waals surface area contributed by atoms with Crippen molar-refractivity contribution < 1.29 is 14.3 Å². The fourth-order valence-electron chi connectivity index (χ4n) is 2.08. The van der Waals surface area contributed by atoms with Crippen LogP contribution in [0.4, 0.5) is 0 Å². The molecule has 0 spiro atoms. The Balaban J connectivity index is 1.87. The van der Waals surface area contributed by atoms with Crippen molar-refractivity contribution in [2.24, 2.45) is 0 Å². The Morgan fingerprint density at radius 2 is 2.22 bits per heavy atom. The van der Waals surface area contributed by atoms with E-state index in [0.29, 0.717) is 19.8 Å². The molecule has 1 amide bonds. The number of carbonyl (C=O) groups is 1. The molecule has 98 valence electrons. The summed E-state index contributed by atoms with van der Waals surface area (Å²) in [6.45, 7) is 3.29. The monoisotopic (exact) mass is 249 g/mol. The molecule has 1 aliphatic rings. The molecule has 1 fully saturated rings. The van der Waals surface area contributed by atoms with Gasteiger partial charge in [0, 0.05) is 13.5 Å². The summed E-state index contributed by atoms with van der Waals surface area (Å²) in [4.78, 5) is 11.1. The maximum atomic E-state index is 11.1. The second-order valence-electron chi connectivity index (χ2n) is 4.51. The summed E-state index contributed by atoms with van der Waals surface area (Å²) < 4.78 is 11.2. The molecular formula is C14H19NO3. The zero-order chi connectivity index (χ0) is 12.8. The summed E-state index contributed by atoms with van der Waals surface area (Å²) in [6.07, 6.45) is 0.738. The van der Waals surface area contributed by atoms with Crippen molar-refractivity contribution in [2.45, 2.75) is 32.1 Å². The van der Waals surface area contributed by atoms with Gasteiger partial charge in [0.15, 0.2) is 0 Å². The Morgan fingerprint density at radius 1 is 1.44 bits per heavy atom. The summed E-state index contributed by atoms with van der Waals surface area (Å²) in [5, 5.41) is 2.92. The lowest BCUT2D eigenvalue weighted by atomic mass is 10.1. The lowest BCUT2D eigenvalue weighted by molar-refractivity contribution is -0.124. The van der Waals surface area contributed by atoms with Gasteiger partial charge in [0.2, 0.25) is 5.91 Å². The normalized spacial score (nSPS) is 23.6. The molecule has 2 atom stereocenters. The van der Waals surface area contributed by atoms with Gasteiger partial charge in [0.25, 0.3) is 0 Å². The van der Waals surface area contributed by atoms with Gasteiger partial charge in [-0.3, -0.25) is 4.79 Å². The Morgan fingerprint density at radius 3 is 2.94 bits per heavy atom. The summed E-state index contributed by atoms with van der Waals surface area (Å²) >= 11 is 0. The van der Waals surface area contributed by atoms with Crippen molar-refractivity contribution in [2.75, 3.05) is 13.2 Å². The van der Waals surface area contributed by atoms with Crippen molar-refractivity contribution in [3.05, 3.63) is 35.9 Å². The molecule has 18 heavy (non-hydrogen) atoms. The van der Waals surface area contributed by atoms with Gasteiger partial charge in [-0.2, -0.15) is 0 Å². The van der Waals surface area contributed by atoms with Crippen LogP contribution in [0.25, 0.3) is 0 Å². The van der Waals surface area contributed by atoms with Crippen LogP contribution in [0.1, 0.15) is 18.9 Å². The van der Waals surface area contributed by atoms with E-state index >= 15 is 0 Å². The molecule has 1 aromatic carbocycles. The van der Waals surface area contributed by atoms with E-state index in [9.17, 15) is 4.79 Å². The Hall–Kier alpha value is -1.39. The first-order valence-corrected chi connectivity index (χ1v) is 6.26. The van der Waals surface area contributed by atoms with Gasteiger partial charge in [-0.05, 0) is 12.0 Å². The van der Waals surface area contributed by atoms with Crippen LogP contribution in [0.3, 0.4) is 0 Å². The number of carbonyl (C=O) groups excluding carboxylic acids is 1. The number of ether oxygens (including phenoxy) is 2. The van der Waals surface area contributed by atoms with Crippen LogP contribution < -0.4 is 5.32 Å². The largest absolute Gasteiger partial charge is 0.379 e. The number of hydrogen-bond acceptors (Lipinski definition) is 3. The summed E-state index contributed by atoms with van der Waals surface area (Å²) in [7, 11) is 0. The minimum Gasteiger partial charge on any atom is -0.379 e. The van der Waals surface area contributed by atoms with E-state index in [-0.39, 0.29) is 18.1 Å². The number of rotatable bonds is 4. The molecule has 0 aromatic heterocycles. The lowest BCUT2D eigenvalue weighted by Gasteiger charge is -2.31. The molecule has 0 bridgehead atoms. The molecule has 2 rings (SSSR count). The quantitative estimate of drug-likeness (QED) is 0.879. The van der Waals surface area contributed by atoms with Crippen molar-refractivity contribution >= 4 is 5.91 Å². The highest BCUT2D eigenvalue weighted by Crippen LogP contribution is 2.13. The van der Waals surface area contributed by atoms with E-state index < -0.39 is 0 Å². The molecular weight excluding hydrogens is 230 g/mol. The fraction of sp³-hybridized carbons (Fsp3) is 0.500. The average molecular weight is 249 g/mol. The zero-order valence-corrected chi connectivity index (χ0v) is 10.6. The van der Waals surface area contributed by atoms with E-state index in [1.165, 1.54) is 6.92 Å². The van der Waals surface area contributed by atoms with Gasteiger partial charge in [0.05, 0.1) is 19.3 Å². The van der Waals surface area contributed by atoms with Gasteiger partial charge in [-0.15, -0.1) is 0 Å². The van der Waals surface area contributed by atoms with Gasteiger partial charge < -0.3 is 14.8 Å². The predicted octanol–water partition coefficient (Wildman–Crippen LogP) is 1.50. The van der Waals surface area contributed by atoms with Crippen LogP contribution in [-0.2, 0) is 20.9 Å². The maximum Gasteiger partial charge on any atom is 0.217 e. The molecule has 4 nitrogen and oxygen atoms in total. The Bertz CT molecular complexity index is 380. The van der Waals surface area contributed by atoms with Crippen molar-refractivity contribution in [1.29, 1.82) is 0 Å². The summed E-state index contributed by atoms with van der Waals surface area (Å²) in [6, 6.07) is 10.1. The summed E-state index contributed by atoms with van der Waals surface area (Å²) in [5.74, 6) is -0.0183. The lowest BCUT2D eigenvalue weighted by Crippen LogP contribution is -2.49. The second kappa shape index (κ2) is 6.52. The van der Waals surface area contributed by atoms with Crippen LogP contribution in [0, 0.1) is 0 Å². The molecule has 0 saturated carbocycles. The predicted molar refractivity (Wildman–Crippen MR) is 68.1 cm³/mol. The van der Waals surface area contributed by atoms with Crippen molar-refractivity contribution in [3.8, 4) is 0 Å². The van der Waals surface area contributed by atoms with Crippen LogP contribution >= 0.6 is 0 Å². The van der Waals surface area contributed by atoms with Crippen LogP contribution in [0.2, 0.25) is 0 Å². The third-order valence-corrected chi connectivity index (χ3v) is 3.00. The molecule has 0 radical (unpaired) electrons. The highest BCUT2D eigenvalue weighted by Gasteiger charge is 2.27. The van der Waals surface area contributed by atoms with E-state index in [0.717, 1.165) is 12.0 Å². The molecule has 1 aliphatic heterocycles. The number of hydrogen-bond donors (Lipinski definition) is 1. The molecule has 4 heteroatoms. The van der Waals surface area contributed by atoms with E-state index in [4.69, 9.17) is 9.47 Å². The van der Waals surface area contributed by atoms with Crippen molar-refractivity contribution in [3.63, 3.8) is 0 Å². The summed E-state index contributed by atoms with van der Waals surface area (Å²) in [5.41, 5.74) is 1.13. The number of benzene rings is 1. The molecule has 1 heterocycles. The smallest absolute Gasteiger partial charge is 0.217 e. The van der Waals surface area contributed by atoms with Crippen LogP contribution in [-0.4, -0.2) is 31.3 Å². The third-order valence-electron chi connectivity index (χ3n) is 3.00. The van der Waals surface area contributed by atoms with Gasteiger partial charge in [0.1, 0.15) is 6.10 Å². The second-order valence-corrected chi connectivity index (χ2v) is 4.51. The van der Waals surface area contributed by atoms with E-state index in [1.807, 2.05) is 30.3 Å². The van der Waals surface area contributed by atoms with Gasteiger partial charge >= 0.3 is 0 Å². The van der Waals surface area contributed by atoms with E-state index in [1.54, 1.807) is 0 Å². The molecule has 1 aromatic rings. The van der Waals surface area contributed by atoms with Crippen LogP contribution in [0.15, 0.2) is 30.3 Å². The van der Waals surface area contributed by atoms with Gasteiger partial charge in [-0.25, -0.2) is 0 Å². The average Bonchev–Trinajstić information content (AvgIpc) is 2.38. The van der Waals surface area contributed by atoms with E-state index in [2.05, 4.69) is 5.32 Å². The highest BCUT2D eigenvalue weighted by molar-refractivity contribution is 5.73. The highest BCUT2D eigenvalue weighted by atomic mass is 16.5.